The maximum Gasteiger partial charge on any atom is 0.122 e. The lowest BCUT2D eigenvalue weighted by atomic mass is 9.99. The molecule has 0 bridgehead atoms. The van der Waals surface area contributed by atoms with Crippen LogP contribution in [0.15, 0.2) is 53.0 Å². The van der Waals surface area contributed by atoms with Crippen molar-refractivity contribution in [1.82, 2.24) is 0 Å². The topological polar surface area (TPSA) is 55.8 Å². The Labute approximate surface area is 184 Å². The monoisotopic (exact) mass is 466 g/mol. The van der Waals surface area contributed by atoms with Crippen LogP contribution in [-0.2, 0) is 4.79 Å². The van der Waals surface area contributed by atoms with Gasteiger partial charge in [-0.05, 0) is 61.7 Å². The Hall–Kier alpha value is -1.85. The highest BCUT2D eigenvalue weighted by atomic mass is 79.9. The maximum absolute atomic E-state index is 9.78. The molecule has 0 radical (unpaired) electrons. The van der Waals surface area contributed by atoms with Crippen LogP contribution in [0.2, 0.25) is 0 Å². The molecule has 2 rings (SSSR count). The summed E-state index contributed by atoms with van der Waals surface area (Å²) in [7, 11) is 0. The van der Waals surface area contributed by atoms with Gasteiger partial charge in [0.2, 0.25) is 0 Å². The van der Waals surface area contributed by atoms with E-state index < -0.39 is 0 Å². The van der Waals surface area contributed by atoms with Gasteiger partial charge in [0.25, 0.3) is 0 Å². The number of hydrogen-bond donors (Lipinski definition) is 1. The lowest BCUT2D eigenvalue weighted by molar-refractivity contribution is -0.110. The van der Waals surface area contributed by atoms with Crippen molar-refractivity contribution in [2.24, 2.45) is 11.8 Å². The van der Waals surface area contributed by atoms with Crippen LogP contribution in [0.1, 0.15) is 53.2 Å². The minimum absolute atomic E-state index is 0.204. The van der Waals surface area contributed by atoms with Crippen LogP contribution in [0.4, 0.5) is 0 Å². The van der Waals surface area contributed by atoms with Gasteiger partial charge < -0.3 is 19.4 Å². The number of carbonyl (C=O) groups is 1. The van der Waals surface area contributed by atoms with Crippen molar-refractivity contribution in [2.45, 2.75) is 47.6 Å². The minimum Gasteiger partial charge on any atom is -0.494 e. The number of aldehydes is 1. The van der Waals surface area contributed by atoms with E-state index in [0.29, 0.717) is 6.61 Å². The van der Waals surface area contributed by atoms with E-state index in [1.54, 1.807) is 0 Å². The van der Waals surface area contributed by atoms with Crippen molar-refractivity contribution in [3.05, 3.63) is 58.6 Å². The van der Waals surface area contributed by atoms with Gasteiger partial charge in [0.05, 0.1) is 19.3 Å². The Kier molecular flexibility index (Phi) is 15.0. The minimum atomic E-state index is -0.384. The third-order valence-electron chi connectivity index (χ3n) is 3.56. The first kappa shape index (κ1) is 27.1. The number of benzene rings is 2. The van der Waals surface area contributed by atoms with E-state index in [1.807, 2.05) is 90.1 Å². The molecular formula is C24H35BrO4. The molecule has 2 aromatic carbocycles. The molecule has 2 aromatic rings. The summed E-state index contributed by atoms with van der Waals surface area (Å²) >= 11 is 3.34. The van der Waals surface area contributed by atoms with E-state index in [0.717, 1.165) is 34.4 Å². The van der Waals surface area contributed by atoms with Gasteiger partial charge >= 0.3 is 0 Å². The molecule has 0 heterocycles. The Morgan fingerprint density at radius 1 is 0.862 bits per heavy atom. The highest BCUT2D eigenvalue weighted by Gasteiger charge is 2.11. The molecule has 0 aliphatic carbocycles. The predicted molar refractivity (Wildman–Crippen MR) is 124 cm³/mol. The van der Waals surface area contributed by atoms with Crippen LogP contribution < -0.4 is 9.47 Å². The van der Waals surface area contributed by atoms with E-state index in [4.69, 9.17) is 9.47 Å². The number of rotatable bonds is 7. The summed E-state index contributed by atoms with van der Waals surface area (Å²) in [5.41, 5.74) is 0.948. The number of ether oxygens (including phenoxy) is 2. The van der Waals surface area contributed by atoms with Crippen LogP contribution in [0, 0.1) is 11.8 Å². The average Bonchev–Trinajstić information content (AvgIpc) is 2.71. The van der Waals surface area contributed by atoms with Crippen molar-refractivity contribution in [2.75, 3.05) is 13.2 Å². The fourth-order valence-corrected chi connectivity index (χ4v) is 2.27. The second-order valence-electron chi connectivity index (χ2n) is 6.96. The lowest BCUT2D eigenvalue weighted by Gasteiger charge is -2.15. The summed E-state index contributed by atoms with van der Waals surface area (Å²) in [5.74, 6) is 2.22. The largest absolute Gasteiger partial charge is 0.494 e. The van der Waals surface area contributed by atoms with Gasteiger partial charge in [-0.2, -0.15) is 0 Å². The molecule has 0 fully saturated rings. The molecule has 0 amide bonds. The van der Waals surface area contributed by atoms with Crippen LogP contribution in [0.3, 0.4) is 0 Å². The third kappa shape index (κ3) is 13.1. The first-order valence-electron chi connectivity index (χ1n) is 9.99. The van der Waals surface area contributed by atoms with Gasteiger partial charge in [-0.15, -0.1) is 0 Å². The zero-order valence-electron chi connectivity index (χ0n) is 18.4. The van der Waals surface area contributed by atoms with Crippen molar-refractivity contribution in [1.29, 1.82) is 0 Å². The Morgan fingerprint density at radius 3 is 1.55 bits per heavy atom. The van der Waals surface area contributed by atoms with Gasteiger partial charge in [-0.25, -0.2) is 0 Å². The summed E-state index contributed by atoms with van der Waals surface area (Å²) in [6, 6.07) is 15.4. The van der Waals surface area contributed by atoms with Crippen molar-refractivity contribution in [3.8, 4) is 11.5 Å². The SMILES string of the molecule is CC(C)C=O.CCOc1ccc(Br)cc1.CCOc1ccc(C(O)C(C)C)cc1. The molecule has 29 heavy (non-hydrogen) atoms. The maximum atomic E-state index is 9.78. The van der Waals surface area contributed by atoms with Crippen LogP contribution >= 0.6 is 15.9 Å². The molecule has 1 unspecified atom stereocenters. The summed E-state index contributed by atoms with van der Waals surface area (Å²) in [6.45, 7) is 13.0. The molecule has 0 aliphatic rings. The van der Waals surface area contributed by atoms with Crippen LogP contribution in [0.25, 0.3) is 0 Å². The van der Waals surface area contributed by atoms with Crippen LogP contribution in [0.5, 0.6) is 11.5 Å². The normalized spacial score (nSPS) is 11.0. The second-order valence-corrected chi connectivity index (χ2v) is 7.87. The van der Waals surface area contributed by atoms with Crippen molar-refractivity contribution < 1.29 is 19.4 Å². The standard InChI is InChI=1S/C12H18O2.C8H9BrO.C4H8O/c1-4-14-11-7-5-10(6-8-11)12(13)9(2)3;1-2-10-8-5-3-7(9)4-6-8;1-4(2)3-5/h5-9,12-13H,4H2,1-3H3;3-6H,2H2,1H3;3-4H,1-2H3. The number of aliphatic hydroxyl groups excluding tert-OH is 1. The highest BCUT2D eigenvalue weighted by Crippen LogP contribution is 2.23. The summed E-state index contributed by atoms with van der Waals surface area (Å²) in [5, 5.41) is 9.78. The Morgan fingerprint density at radius 2 is 1.24 bits per heavy atom. The molecule has 0 aromatic heterocycles. The molecule has 1 N–H and O–H groups in total. The average molecular weight is 467 g/mol. The highest BCUT2D eigenvalue weighted by molar-refractivity contribution is 9.10. The van der Waals surface area contributed by atoms with E-state index in [-0.39, 0.29) is 17.9 Å². The molecule has 5 heteroatoms. The summed E-state index contributed by atoms with van der Waals surface area (Å²) in [6.07, 6.45) is 0.533. The number of halogens is 1. The lowest BCUT2D eigenvalue weighted by Crippen LogP contribution is -2.05. The van der Waals surface area contributed by atoms with Crippen LogP contribution in [-0.4, -0.2) is 24.6 Å². The predicted octanol–water partition coefficient (Wildman–Crippen LogP) is 6.46. The molecule has 0 saturated heterocycles. The second kappa shape index (κ2) is 16.0. The molecule has 0 spiro atoms. The van der Waals surface area contributed by atoms with E-state index in [9.17, 15) is 9.90 Å². The molecule has 0 aliphatic heterocycles. The molecule has 0 saturated carbocycles. The number of hydrogen-bond acceptors (Lipinski definition) is 4. The Balaban J connectivity index is 0.000000455. The van der Waals surface area contributed by atoms with E-state index >= 15 is 0 Å². The van der Waals surface area contributed by atoms with Gasteiger partial charge in [0, 0.05) is 10.4 Å². The van der Waals surface area contributed by atoms with E-state index in [1.165, 1.54) is 0 Å². The first-order valence-corrected chi connectivity index (χ1v) is 10.8. The number of carbonyl (C=O) groups excluding carboxylic acids is 1. The molecule has 1 atom stereocenters. The quantitative estimate of drug-likeness (QED) is 0.475. The molecular weight excluding hydrogens is 432 g/mol. The third-order valence-corrected chi connectivity index (χ3v) is 4.09. The zero-order valence-corrected chi connectivity index (χ0v) is 20.0. The Bertz CT molecular complexity index is 652. The summed E-state index contributed by atoms with van der Waals surface area (Å²) < 4.78 is 11.6. The fraction of sp³-hybridized carbons (Fsp3) is 0.458. The molecule has 4 nitrogen and oxygen atoms in total. The fourth-order valence-electron chi connectivity index (χ4n) is 2.01. The smallest absolute Gasteiger partial charge is 0.122 e. The van der Waals surface area contributed by atoms with Crippen molar-refractivity contribution >= 4 is 22.2 Å². The summed E-state index contributed by atoms with van der Waals surface area (Å²) in [4.78, 5) is 9.50. The van der Waals surface area contributed by atoms with E-state index in [2.05, 4.69) is 15.9 Å². The van der Waals surface area contributed by atoms with Gasteiger partial charge in [-0.3, -0.25) is 0 Å². The van der Waals surface area contributed by atoms with Gasteiger partial charge in [0.1, 0.15) is 17.8 Å². The van der Waals surface area contributed by atoms with Gasteiger partial charge in [-0.1, -0.05) is 55.8 Å². The zero-order chi connectivity index (χ0) is 22.2. The number of aliphatic hydroxyl groups is 1. The van der Waals surface area contributed by atoms with Crippen molar-refractivity contribution in [3.63, 3.8) is 0 Å². The molecule has 162 valence electrons. The van der Waals surface area contributed by atoms with Gasteiger partial charge in [0.15, 0.2) is 0 Å². The first-order chi connectivity index (χ1) is 13.7.